The van der Waals surface area contributed by atoms with Crippen LogP contribution in [-0.2, 0) is 0 Å². The molecule has 0 N–H and O–H groups in total. The van der Waals surface area contributed by atoms with Crippen molar-refractivity contribution < 1.29 is 17.9 Å². The van der Waals surface area contributed by atoms with E-state index < -0.39 is 23.5 Å². The Balaban J connectivity index is 2.04. The first kappa shape index (κ1) is 13.2. The van der Waals surface area contributed by atoms with Gasteiger partial charge in [0.05, 0.1) is 0 Å². The highest BCUT2D eigenvalue weighted by Gasteiger charge is 2.28. The number of ether oxygens (including phenoxy) is 1. The summed E-state index contributed by atoms with van der Waals surface area (Å²) in [6.45, 7) is 4.33. The Hall–Kier alpha value is -1.26. The van der Waals surface area contributed by atoms with E-state index in [1.165, 1.54) is 0 Å². The van der Waals surface area contributed by atoms with Crippen LogP contribution in [0, 0.1) is 23.0 Å². The van der Waals surface area contributed by atoms with E-state index in [1.54, 1.807) is 0 Å². The standard InChI is InChI=1S/C13H16F3NO/c1-13(2)5-3-8(4-6-13)18-12-10(15)7-9(14)11(16)17-12/h7-8H,3-6H2,1-2H3. The van der Waals surface area contributed by atoms with Crippen molar-refractivity contribution in [3.8, 4) is 5.88 Å². The number of hydrogen-bond donors (Lipinski definition) is 0. The molecule has 0 unspecified atom stereocenters. The predicted octanol–water partition coefficient (Wildman–Crippen LogP) is 3.85. The maximum Gasteiger partial charge on any atom is 0.253 e. The summed E-state index contributed by atoms with van der Waals surface area (Å²) >= 11 is 0. The van der Waals surface area contributed by atoms with Crippen molar-refractivity contribution >= 4 is 0 Å². The maximum atomic E-state index is 13.3. The number of halogens is 3. The monoisotopic (exact) mass is 259 g/mol. The second-order valence-corrected chi connectivity index (χ2v) is 5.53. The minimum absolute atomic E-state index is 0.176. The van der Waals surface area contributed by atoms with Crippen LogP contribution < -0.4 is 4.74 Å². The van der Waals surface area contributed by atoms with Crippen LogP contribution >= 0.6 is 0 Å². The van der Waals surface area contributed by atoms with E-state index in [-0.39, 0.29) is 11.5 Å². The van der Waals surface area contributed by atoms with E-state index >= 15 is 0 Å². The molecule has 1 aromatic rings. The predicted molar refractivity (Wildman–Crippen MR) is 60.8 cm³/mol. The normalized spacial score (nSPS) is 19.8. The average molecular weight is 259 g/mol. The number of nitrogens with zero attached hydrogens (tertiary/aromatic N) is 1. The lowest BCUT2D eigenvalue weighted by Crippen LogP contribution is -2.29. The van der Waals surface area contributed by atoms with Crippen LogP contribution in [0.15, 0.2) is 6.07 Å². The van der Waals surface area contributed by atoms with E-state index in [1.807, 2.05) is 0 Å². The molecule has 2 rings (SSSR count). The molecule has 1 saturated carbocycles. The van der Waals surface area contributed by atoms with Crippen molar-refractivity contribution in [3.05, 3.63) is 23.6 Å². The smallest absolute Gasteiger partial charge is 0.253 e. The van der Waals surface area contributed by atoms with Crippen LogP contribution in [0.25, 0.3) is 0 Å². The van der Waals surface area contributed by atoms with Gasteiger partial charge in [-0.15, -0.1) is 0 Å². The van der Waals surface area contributed by atoms with Crippen LogP contribution in [0.2, 0.25) is 0 Å². The Labute approximate surface area is 104 Å². The molecule has 0 spiro atoms. The second kappa shape index (κ2) is 4.78. The fraction of sp³-hybridized carbons (Fsp3) is 0.615. The van der Waals surface area contributed by atoms with Gasteiger partial charge in [0.25, 0.3) is 11.8 Å². The summed E-state index contributed by atoms with van der Waals surface area (Å²) in [4.78, 5) is 3.16. The molecular weight excluding hydrogens is 243 g/mol. The van der Waals surface area contributed by atoms with Gasteiger partial charge < -0.3 is 4.74 Å². The summed E-state index contributed by atoms with van der Waals surface area (Å²) in [5.74, 6) is -4.04. The summed E-state index contributed by atoms with van der Waals surface area (Å²) in [7, 11) is 0. The lowest BCUT2D eigenvalue weighted by molar-refractivity contribution is 0.0897. The third-order valence-corrected chi connectivity index (χ3v) is 3.42. The molecule has 18 heavy (non-hydrogen) atoms. The Morgan fingerprint density at radius 2 is 1.78 bits per heavy atom. The van der Waals surface area contributed by atoms with E-state index in [2.05, 4.69) is 18.8 Å². The summed E-state index contributed by atoms with van der Waals surface area (Å²) in [5, 5.41) is 0. The third kappa shape index (κ3) is 2.94. The Kier molecular flexibility index (Phi) is 3.50. The molecule has 0 bridgehead atoms. The van der Waals surface area contributed by atoms with Crippen LogP contribution in [0.1, 0.15) is 39.5 Å². The van der Waals surface area contributed by atoms with E-state index in [9.17, 15) is 13.2 Å². The van der Waals surface area contributed by atoms with Gasteiger partial charge in [-0.3, -0.25) is 0 Å². The van der Waals surface area contributed by atoms with Gasteiger partial charge in [0, 0.05) is 6.07 Å². The topological polar surface area (TPSA) is 22.1 Å². The number of aromatic nitrogens is 1. The Morgan fingerprint density at radius 1 is 1.17 bits per heavy atom. The minimum Gasteiger partial charge on any atom is -0.472 e. The molecule has 0 amide bonds. The molecule has 1 aliphatic carbocycles. The van der Waals surface area contributed by atoms with Gasteiger partial charge in [0.1, 0.15) is 6.10 Å². The fourth-order valence-electron chi connectivity index (χ4n) is 2.16. The zero-order valence-electron chi connectivity index (χ0n) is 10.5. The van der Waals surface area contributed by atoms with Crippen molar-refractivity contribution in [1.29, 1.82) is 0 Å². The van der Waals surface area contributed by atoms with E-state index in [0.29, 0.717) is 6.07 Å². The Bertz CT molecular complexity index is 438. The molecule has 5 heteroatoms. The van der Waals surface area contributed by atoms with Gasteiger partial charge >= 0.3 is 0 Å². The highest BCUT2D eigenvalue weighted by molar-refractivity contribution is 5.15. The lowest BCUT2D eigenvalue weighted by Gasteiger charge is -2.34. The molecule has 1 heterocycles. The van der Waals surface area contributed by atoms with Crippen LogP contribution in [0.4, 0.5) is 13.2 Å². The van der Waals surface area contributed by atoms with Crippen LogP contribution in [0.5, 0.6) is 5.88 Å². The molecule has 0 atom stereocenters. The zero-order valence-corrected chi connectivity index (χ0v) is 10.5. The van der Waals surface area contributed by atoms with Gasteiger partial charge in [0.2, 0.25) is 0 Å². The quantitative estimate of drug-likeness (QED) is 0.753. The first-order valence-corrected chi connectivity index (χ1v) is 6.05. The average Bonchev–Trinajstić information content (AvgIpc) is 2.28. The summed E-state index contributed by atoms with van der Waals surface area (Å²) in [6.07, 6.45) is 3.29. The first-order chi connectivity index (χ1) is 8.37. The lowest BCUT2D eigenvalue weighted by atomic mass is 9.76. The van der Waals surface area contributed by atoms with Crippen LogP contribution in [-0.4, -0.2) is 11.1 Å². The maximum absolute atomic E-state index is 13.3. The molecule has 1 aliphatic rings. The largest absolute Gasteiger partial charge is 0.472 e. The van der Waals surface area contributed by atoms with Crippen molar-refractivity contribution in [2.45, 2.75) is 45.6 Å². The highest BCUT2D eigenvalue weighted by atomic mass is 19.2. The van der Waals surface area contributed by atoms with Gasteiger partial charge in [-0.1, -0.05) is 13.8 Å². The fourth-order valence-corrected chi connectivity index (χ4v) is 2.16. The Morgan fingerprint density at radius 3 is 2.39 bits per heavy atom. The van der Waals surface area contributed by atoms with Gasteiger partial charge in [-0.2, -0.15) is 9.37 Å². The number of rotatable bonds is 2. The van der Waals surface area contributed by atoms with Gasteiger partial charge in [-0.05, 0) is 31.1 Å². The van der Waals surface area contributed by atoms with Crippen molar-refractivity contribution in [1.82, 2.24) is 4.98 Å². The molecule has 0 radical (unpaired) electrons. The molecule has 100 valence electrons. The molecule has 0 saturated heterocycles. The minimum atomic E-state index is -1.33. The van der Waals surface area contributed by atoms with Crippen molar-refractivity contribution in [2.24, 2.45) is 5.41 Å². The third-order valence-electron chi connectivity index (χ3n) is 3.42. The zero-order chi connectivity index (χ0) is 13.3. The van der Waals surface area contributed by atoms with Gasteiger partial charge in [0.15, 0.2) is 11.6 Å². The van der Waals surface area contributed by atoms with E-state index in [0.717, 1.165) is 25.7 Å². The highest BCUT2D eigenvalue weighted by Crippen LogP contribution is 2.36. The number of pyridine rings is 1. The molecule has 1 fully saturated rings. The van der Waals surface area contributed by atoms with Crippen molar-refractivity contribution in [3.63, 3.8) is 0 Å². The summed E-state index contributed by atoms with van der Waals surface area (Å²) in [6, 6.07) is 0.463. The van der Waals surface area contributed by atoms with Crippen molar-refractivity contribution in [2.75, 3.05) is 0 Å². The molecular formula is C13H16F3NO. The van der Waals surface area contributed by atoms with E-state index in [4.69, 9.17) is 4.74 Å². The molecule has 0 aliphatic heterocycles. The SMILES string of the molecule is CC1(C)CCC(Oc2nc(F)c(F)cc2F)CC1. The molecule has 0 aromatic carbocycles. The van der Waals surface area contributed by atoms with Gasteiger partial charge in [-0.25, -0.2) is 8.78 Å². The molecule has 2 nitrogen and oxygen atoms in total. The second-order valence-electron chi connectivity index (χ2n) is 5.53. The first-order valence-electron chi connectivity index (χ1n) is 6.05. The number of hydrogen-bond acceptors (Lipinski definition) is 2. The van der Waals surface area contributed by atoms with Crippen LogP contribution in [0.3, 0.4) is 0 Å². The summed E-state index contributed by atoms with van der Waals surface area (Å²) in [5.41, 5.74) is 0.264. The summed E-state index contributed by atoms with van der Waals surface area (Å²) < 4.78 is 44.3. The molecule has 1 aromatic heterocycles.